The van der Waals surface area contributed by atoms with Crippen LogP contribution in [0.15, 0.2) is 30.0 Å². The number of hydrogen-bond donors (Lipinski definition) is 1. The molecule has 1 aromatic heterocycles. The normalized spacial score (nSPS) is 17.6. The molecule has 0 aliphatic carbocycles. The third-order valence-corrected chi connectivity index (χ3v) is 3.68. The Balaban J connectivity index is 2.03. The first kappa shape index (κ1) is 15.8. The highest BCUT2D eigenvalue weighted by atomic mass is 19.4. The predicted octanol–water partition coefficient (Wildman–Crippen LogP) is 3.45. The van der Waals surface area contributed by atoms with Gasteiger partial charge in [-0.25, -0.2) is 4.98 Å². The SMILES string of the molecule is CCNC(C)c1ccc(N2CC=C(C(F)(F)F)CC2)nc1. The Morgan fingerprint density at radius 1 is 1.38 bits per heavy atom. The van der Waals surface area contributed by atoms with Crippen molar-refractivity contribution < 1.29 is 13.2 Å². The standard InChI is InChI=1S/C15H20F3N3/c1-3-19-11(2)12-4-5-14(20-10-12)21-8-6-13(7-9-21)15(16,17)18/h4-6,10-11,19H,3,7-9H2,1-2H3. The maximum Gasteiger partial charge on any atom is 0.412 e. The van der Waals surface area contributed by atoms with Crippen LogP contribution in [0.2, 0.25) is 0 Å². The van der Waals surface area contributed by atoms with E-state index < -0.39 is 11.7 Å². The van der Waals surface area contributed by atoms with Gasteiger partial charge in [0.25, 0.3) is 0 Å². The van der Waals surface area contributed by atoms with Gasteiger partial charge in [0.05, 0.1) is 0 Å². The summed E-state index contributed by atoms with van der Waals surface area (Å²) in [5.74, 6) is 0.722. The average molecular weight is 299 g/mol. The Bertz CT molecular complexity index is 494. The van der Waals surface area contributed by atoms with Gasteiger partial charge in [0.2, 0.25) is 0 Å². The predicted molar refractivity (Wildman–Crippen MR) is 77.3 cm³/mol. The van der Waals surface area contributed by atoms with Gasteiger partial charge >= 0.3 is 6.18 Å². The van der Waals surface area contributed by atoms with E-state index in [1.54, 1.807) is 6.20 Å². The molecule has 3 nitrogen and oxygen atoms in total. The second kappa shape index (κ2) is 6.47. The summed E-state index contributed by atoms with van der Waals surface area (Å²) in [6, 6.07) is 4.06. The fourth-order valence-corrected chi connectivity index (χ4v) is 2.40. The van der Waals surface area contributed by atoms with Crippen molar-refractivity contribution in [3.05, 3.63) is 35.5 Å². The van der Waals surface area contributed by atoms with Gasteiger partial charge in [-0.15, -0.1) is 0 Å². The summed E-state index contributed by atoms with van der Waals surface area (Å²) in [5.41, 5.74) is 0.639. The molecule has 0 saturated carbocycles. The van der Waals surface area contributed by atoms with Crippen molar-refractivity contribution in [1.82, 2.24) is 10.3 Å². The molecule has 0 spiro atoms. The average Bonchev–Trinajstić information content (AvgIpc) is 2.47. The van der Waals surface area contributed by atoms with Gasteiger partial charge in [-0.1, -0.05) is 19.1 Å². The molecule has 1 aromatic rings. The zero-order valence-electron chi connectivity index (χ0n) is 12.2. The highest BCUT2D eigenvalue weighted by Crippen LogP contribution is 2.31. The number of aromatic nitrogens is 1. The van der Waals surface area contributed by atoms with E-state index in [-0.39, 0.29) is 19.0 Å². The first-order valence-corrected chi connectivity index (χ1v) is 7.12. The fourth-order valence-electron chi connectivity index (χ4n) is 2.40. The van der Waals surface area contributed by atoms with Gasteiger partial charge in [0.15, 0.2) is 0 Å². The molecule has 1 aliphatic heterocycles. The maximum absolute atomic E-state index is 12.6. The van der Waals surface area contributed by atoms with Crippen LogP contribution in [0.1, 0.15) is 31.9 Å². The van der Waals surface area contributed by atoms with E-state index in [1.807, 2.05) is 24.0 Å². The molecule has 116 valence electrons. The smallest absolute Gasteiger partial charge is 0.353 e. The molecule has 1 aliphatic rings. The maximum atomic E-state index is 12.6. The van der Waals surface area contributed by atoms with Crippen LogP contribution in [0, 0.1) is 0 Å². The van der Waals surface area contributed by atoms with Crippen LogP contribution in [-0.2, 0) is 0 Å². The Morgan fingerprint density at radius 2 is 2.14 bits per heavy atom. The Morgan fingerprint density at radius 3 is 2.62 bits per heavy atom. The number of rotatable bonds is 4. The van der Waals surface area contributed by atoms with Crippen LogP contribution in [0.25, 0.3) is 0 Å². The van der Waals surface area contributed by atoms with Crippen molar-refractivity contribution >= 4 is 5.82 Å². The van der Waals surface area contributed by atoms with Gasteiger partial charge in [-0.05, 0) is 31.5 Å². The monoisotopic (exact) mass is 299 g/mol. The Hall–Kier alpha value is -1.56. The molecule has 2 rings (SSSR count). The van der Waals surface area contributed by atoms with Crippen molar-refractivity contribution in [1.29, 1.82) is 0 Å². The quantitative estimate of drug-likeness (QED) is 0.863. The first-order chi connectivity index (χ1) is 9.91. The van der Waals surface area contributed by atoms with Crippen LogP contribution in [0.5, 0.6) is 0 Å². The van der Waals surface area contributed by atoms with Gasteiger partial charge < -0.3 is 10.2 Å². The van der Waals surface area contributed by atoms with E-state index in [2.05, 4.69) is 17.2 Å². The molecule has 1 unspecified atom stereocenters. The molecule has 2 heterocycles. The molecule has 0 radical (unpaired) electrons. The second-order valence-corrected chi connectivity index (χ2v) is 5.15. The van der Waals surface area contributed by atoms with Gasteiger partial charge in [0, 0.05) is 30.9 Å². The van der Waals surface area contributed by atoms with Gasteiger partial charge in [-0.2, -0.15) is 13.2 Å². The number of nitrogens with one attached hydrogen (secondary N) is 1. The highest BCUT2D eigenvalue weighted by molar-refractivity contribution is 5.42. The van der Waals surface area contributed by atoms with Crippen LogP contribution in [-0.4, -0.2) is 30.8 Å². The minimum Gasteiger partial charge on any atom is -0.353 e. The van der Waals surface area contributed by atoms with Crippen molar-refractivity contribution in [2.75, 3.05) is 24.5 Å². The number of halogens is 3. The van der Waals surface area contributed by atoms with Crippen molar-refractivity contribution in [3.8, 4) is 0 Å². The van der Waals surface area contributed by atoms with Crippen LogP contribution >= 0.6 is 0 Å². The zero-order valence-corrected chi connectivity index (χ0v) is 12.2. The summed E-state index contributed by atoms with van der Waals surface area (Å²) >= 11 is 0. The lowest BCUT2D eigenvalue weighted by atomic mass is 10.1. The highest BCUT2D eigenvalue weighted by Gasteiger charge is 2.34. The van der Waals surface area contributed by atoms with Crippen molar-refractivity contribution in [2.45, 2.75) is 32.5 Å². The third kappa shape index (κ3) is 3.97. The number of anilines is 1. The molecule has 0 amide bonds. The molecular formula is C15H20F3N3. The molecule has 0 fully saturated rings. The van der Waals surface area contributed by atoms with Crippen LogP contribution < -0.4 is 10.2 Å². The number of alkyl halides is 3. The number of pyridine rings is 1. The molecule has 6 heteroatoms. The lowest BCUT2D eigenvalue weighted by molar-refractivity contribution is -0.0944. The number of hydrogen-bond acceptors (Lipinski definition) is 3. The molecule has 0 bridgehead atoms. The topological polar surface area (TPSA) is 28.2 Å². The summed E-state index contributed by atoms with van der Waals surface area (Å²) in [7, 11) is 0. The van der Waals surface area contributed by atoms with Crippen LogP contribution in [0.4, 0.5) is 19.0 Å². The van der Waals surface area contributed by atoms with Crippen LogP contribution in [0.3, 0.4) is 0 Å². The number of nitrogens with zero attached hydrogens (tertiary/aromatic N) is 2. The summed E-state index contributed by atoms with van der Waals surface area (Å²) in [6.45, 7) is 5.57. The largest absolute Gasteiger partial charge is 0.412 e. The summed E-state index contributed by atoms with van der Waals surface area (Å²) in [6.07, 6.45) is -1.16. The van der Waals surface area contributed by atoms with E-state index >= 15 is 0 Å². The first-order valence-electron chi connectivity index (χ1n) is 7.12. The van der Waals surface area contributed by atoms with E-state index in [0.29, 0.717) is 6.54 Å². The summed E-state index contributed by atoms with van der Waals surface area (Å²) < 4.78 is 37.7. The zero-order chi connectivity index (χ0) is 15.5. The Labute approximate surface area is 122 Å². The van der Waals surface area contributed by atoms with E-state index in [4.69, 9.17) is 0 Å². The lowest BCUT2D eigenvalue weighted by Crippen LogP contribution is -2.32. The summed E-state index contributed by atoms with van der Waals surface area (Å²) in [5, 5.41) is 3.30. The lowest BCUT2D eigenvalue weighted by Gasteiger charge is -2.28. The minimum absolute atomic E-state index is 0.0146. The summed E-state index contributed by atoms with van der Waals surface area (Å²) in [4.78, 5) is 6.23. The minimum atomic E-state index is -4.20. The van der Waals surface area contributed by atoms with Crippen molar-refractivity contribution in [2.24, 2.45) is 0 Å². The molecule has 0 saturated heterocycles. The second-order valence-electron chi connectivity index (χ2n) is 5.15. The molecular weight excluding hydrogens is 279 g/mol. The fraction of sp³-hybridized carbons (Fsp3) is 0.533. The molecule has 1 atom stereocenters. The molecule has 0 aromatic carbocycles. The van der Waals surface area contributed by atoms with Gasteiger partial charge in [-0.3, -0.25) is 0 Å². The third-order valence-electron chi connectivity index (χ3n) is 3.68. The molecule has 1 N–H and O–H groups in total. The molecule has 21 heavy (non-hydrogen) atoms. The van der Waals surface area contributed by atoms with E-state index in [9.17, 15) is 13.2 Å². The van der Waals surface area contributed by atoms with E-state index in [0.717, 1.165) is 17.9 Å². The Kier molecular flexibility index (Phi) is 4.88. The van der Waals surface area contributed by atoms with Gasteiger partial charge in [0.1, 0.15) is 5.82 Å². The van der Waals surface area contributed by atoms with E-state index in [1.165, 1.54) is 6.08 Å². The van der Waals surface area contributed by atoms with Crippen molar-refractivity contribution in [3.63, 3.8) is 0 Å².